The van der Waals surface area contributed by atoms with E-state index in [-0.39, 0.29) is 0 Å². The van der Waals surface area contributed by atoms with Crippen LogP contribution in [0, 0.1) is 0 Å². The second-order valence-electron chi connectivity index (χ2n) is 3.62. The van der Waals surface area contributed by atoms with Gasteiger partial charge in [-0.2, -0.15) is 4.98 Å². The normalized spacial score (nSPS) is 9.89. The maximum absolute atomic E-state index is 5.65. The van der Waals surface area contributed by atoms with Crippen LogP contribution in [0.15, 0.2) is 42.5 Å². The van der Waals surface area contributed by atoms with Gasteiger partial charge in [-0.3, -0.25) is 0 Å². The standard InChI is InChI=1S/C14H16N2O2/c1-3-17-11-7-9-12(10-8-11)18-14-6-4-5-13(15-2)16-14/h4-10H,3H2,1-2H3,(H,15,16). The Balaban J connectivity index is 2.08. The molecule has 0 bridgehead atoms. The van der Waals surface area contributed by atoms with E-state index in [1.165, 1.54) is 0 Å². The minimum Gasteiger partial charge on any atom is -0.494 e. The van der Waals surface area contributed by atoms with Gasteiger partial charge in [0.2, 0.25) is 5.88 Å². The summed E-state index contributed by atoms with van der Waals surface area (Å²) in [4.78, 5) is 4.28. The number of anilines is 1. The van der Waals surface area contributed by atoms with Gasteiger partial charge in [-0.05, 0) is 37.3 Å². The molecule has 0 aliphatic rings. The van der Waals surface area contributed by atoms with E-state index in [1.54, 1.807) is 0 Å². The van der Waals surface area contributed by atoms with Crippen LogP contribution < -0.4 is 14.8 Å². The molecule has 94 valence electrons. The van der Waals surface area contributed by atoms with Crippen molar-refractivity contribution >= 4 is 5.82 Å². The molecule has 1 heterocycles. The topological polar surface area (TPSA) is 43.4 Å². The van der Waals surface area contributed by atoms with E-state index in [0.29, 0.717) is 12.5 Å². The maximum atomic E-state index is 5.65. The maximum Gasteiger partial charge on any atom is 0.221 e. The van der Waals surface area contributed by atoms with E-state index >= 15 is 0 Å². The average Bonchev–Trinajstić information content (AvgIpc) is 2.42. The molecular weight excluding hydrogens is 228 g/mol. The van der Waals surface area contributed by atoms with Gasteiger partial charge in [-0.1, -0.05) is 6.07 Å². The molecule has 0 aliphatic carbocycles. The highest BCUT2D eigenvalue weighted by atomic mass is 16.5. The van der Waals surface area contributed by atoms with Crippen molar-refractivity contribution in [3.63, 3.8) is 0 Å². The zero-order valence-electron chi connectivity index (χ0n) is 10.5. The van der Waals surface area contributed by atoms with Gasteiger partial charge >= 0.3 is 0 Å². The number of pyridine rings is 1. The smallest absolute Gasteiger partial charge is 0.221 e. The van der Waals surface area contributed by atoms with Gasteiger partial charge < -0.3 is 14.8 Å². The third-order valence-electron chi connectivity index (χ3n) is 2.34. The molecule has 0 spiro atoms. The average molecular weight is 244 g/mol. The van der Waals surface area contributed by atoms with Crippen LogP contribution in [-0.2, 0) is 0 Å². The number of benzene rings is 1. The highest BCUT2D eigenvalue weighted by molar-refractivity contribution is 5.38. The SMILES string of the molecule is CCOc1ccc(Oc2cccc(NC)n2)cc1. The molecule has 0 fully saturated rings. The third-order valence-corrected chi connectivity index (χ3v) is 2.34. The largest absolute Gasteiger partial charge is 0.494 e. The summed E-state index contributed by atoms with van der Waals surface area (Å²) in [6.07, 6.45) is 0. The number of aromatic nitrogens is 1. The molecule has 4 heteroatoms. The Labute approximate surface area is 107 Å². The lowest BCUT2D eigenvalue weighted by molar-refractivity contribution is 0.339. The van der Waals surface area contributed by atoms with Crippen molar-refractivity contribution in [2.24, 2.45) is 0 Å². The lowest BCUT2D eigenvalue weighted by Crippen LogP contribution is -1.94. The van der Waals surface area contributed by atoms with E-state index in [0.717, 1.165) is 17.3 Å². The van der Waals surface area contributed by atoms with Crippen molar-refractivity contribution in [3.8, 4) is 17.4 Å². The van der Waals surface area contributed by atoms with Crippen molar-refractivity contribution in [2.75, 3.05) is 19.0 Å². The Morgan fingerprint density at radius 1 is 1.06 bits per heavy atom. The first kappa shape index (κ1) is 12.2. The summed E-state index contributed by atoms with van der Waals surface area (Å²) in [6, 6.07) is 13.1. The first-order chi connectivity index (χ1) is 8.81. The summed E-state index contributed by atoms with van der Waals surface area (Å²) in [6.45, 7) is 2.61. The van der Waals surface area contributed by atoms with E-state index in [2.05, 4.69) is 10.3 Å². The summed E-state index contributed by atoms with van der Waals surface area (Å²) >= 11 is 0. The van der Waals surface area contributed by atoms with Gasteiger partial charge in [-0.25, -0.2) is 0 Å². The summed E-state index contributed by atoms with van der Waals surface area (Å²) in [5.41, 5.74) is 0. The quantitative estimate of drug-likeness (QED) is 0.876. The van der Waals surface area contributed by atoms with Crippen molar-refractivity contribution in [2.45, 2.75) is 6.92 Å². The predicted molar refractivity (Wildman–Crippen MR) is 71.5 cm³/mol. The Kier molecular flexibility index (Phi) is 4.02. The molecule has 0 radical (unpaired) electrons. The first-order valence-electron chi connectivity index (χ1n) is 5.87. The Bertz CT molecular complexity index is 497. The summed E-state index contributed by atoms with van der Waals surface area (Å²) in [5.74, 6) is 2.91. The van der Waals surface area contributed by atoms with Gasteiger partial charge in [0.15, 0.2) is 0 Å². The number of nitrogens with one attached hydrogen (secondary N) is 1. The second-order valence-corrected chi connectivity index (χ2v) is 3.62. The minimum atomic E-state index is 0.561. The Morgan fingerprint density at radius 3 is 2.44 bits per heavy atom. The Morgan fingerprint density at radius 2 is 1.78 bits per heavy atom. The molecule has 0 saturated heterocycles. The number of ether oxygens (including phenoxy) is 2. The van der Waals surface area contributed by atoms with Crippen LogP contribution in [0.2, 0.25) is 0 Å². The van der Waals surface area contributed by atoms with Crippen LogP contribution in [-0.4, -0.2) is 18.6 Å². The van der Waals surface area contributed by atoms with E-state index in [9.17, 15) is 0 Å². The molecule has 1 N–H and O–H groups in total. The number of hydrogen-bond acceptors (Lipinski definition) is 4. The molecule has 4 nitrogen and oxygen atoms in total. The van der Waals surface area contributed by atoms with Gasteiger partial charge in [-0.15, -0.1) is 0 Å². The molecule has 18 heavy (non-hydrogen) atoms. The number of nitrogens with zero attached hydrogens (tertiary/aromatic N) is 1. The minimum absolute atomic E-state index is 0.561. The zero-order chi connectivity index (χ0) is 12.8. The summed E-state index contributed by atoms with van der Waals surface area (Å²) in [7, 11) is 1.82. The highest BCUT2D eigenvalue weighted by Crippen LogP contribution is 2.23. The van der Waals surface area contributed by atoms with E-state index in [4.69, 9.17) is 9.47 Å². The van der Waals surface area contributed by atoms with Crippen molar-refractivity contribution < 1.29 is 9.47 Å². The van der Waals surface area contributed by atoms with E-state index in [1.807, 2.05) is 56.4 Å². The fraction of sp³-hybridized carbons (Fsp3) is 0.214. The highest BCUT2D eigenvalue weighted by Gasteiger charge is 2.00. The van der Waals surface area contributed by atoms with Gasteiger partial charge in [0.1, 0.15) is 17.3 Å². The van der Waals surface area contributed by atoms with Crippen molar-refractivity contribution in [1.82, 2.24) is 4.98 Å². The van der Waals surface area contributed by atoms with Crippen molar-refractivity contribution in [3.05, 3.63) is 42.5 Å². The predicted octanol–water partition coefficient (Wildman–Crippen LogP) is 3.31. The van der Waals surface area contributed by atoms with Gasteiger partial charge in [0.25, 0.3) is 0 Å². The van der Waals surface area contributed by atoms with Gasteiger partial charge in [0, 0.05) is 13.1 Å². The molecule has 2 aromatic rings. The molecule has 0 amide bonds. The lowest BCUT2D eigenvalue weighted by atomic mass is 10.3. The van der Waals surface area contributed by atoms with Crippen LogP contribution in [0.4, 0.5) is 5.82 Å². The molecule has 2 rings (SSSR count). The van der Waals surface area contributed by atoms with Crippen LogP contribution in [0.3, 0.4) is 0 Å². The number of hydrogen-bond donors (Lipinski definition) is 1. The molecule has 1 aromatic carbocycles. The first-order valence-corrected chi connectivity index (χ1v) is 5.87. The fourth-order valence-corrected chi connectivity index (χ4v) is 1.50. The monoisotopic (exact) mass is 244 g/mol. The molecule has 0 saturated carbocycles. The van der Waals surface area contributed by atoms with Crippen LogP contribution in [0.25, 0.3) is 0 Å². The van der Waals surface area contributed by atoms with Crippen LogP contribution in [0.5, 0.6) is 17.4 Å². The zero-order valence-corrected chi connectivity index (χ0v) is 10.5. The molecule has 0 aliphatic heterocycles. The fourth-order valence-electron chi connectivity index (χ4n) is 1.50. The molecule has 0 atom stereocenters. The molecule has 1 aromatic heterocycles. The summed E-state index contributed by atoms with van der Waals surface area (Å²) < 4.78 is 11.0. The Hall–Kier alpha value is -2.23. The second kappa shape index (κ2) is 5.91. The molecular formula is C14H16N2O2. The van der Waals surface area contributed by atoms with Crippen molar-refractivity contribution in [1.29, 1.82) is 0 Å². The lowest BCUT2D eigenvalue weighted by Gasteiger charge is -2.07. The van der Waals surface area contributed by atoms with Crippen LogP contribution >= 0.6 is 0 Å². The van der Waals surface area contributed by atoms with Gasteiger partial charge in [0.05, 0.1) is 6.61 Å². The van der Waals surface area contributed by atoms with Crippen LogP contribution in [0.1, 0.15) is 6.92 Å². The van der Waals surface area contributed by atoms with E-state index < -0.39 is 0 Å². The number of rotatable bonds is 5. The molecule has 0 unspecified atom stereocenters. The third kappa shape index (κ3) is 3.13. The summed E-state index contributed by atoms with van der Waals surface area (Å²) in [5, 5.41) is 2.97.